The molecular weight excluding hydrogens is 286 g/mol. The van der Waals surface area contributed by atoms with Crippen LogP contribution in [0, 0.1) is 0 Å². The summed E-state index contributed by atoms with van der Waals surface area (Å²) in [6.07, 6.45) is 6.77. The maximum atomic E-state index is 5.76. The van der Waals surface area contributed by atoms with Crippen LogP contribution in [0.15, 0.2) is 47.8 Å². The number of aliphatic imine (C=N–C) groups is 1. The number of guanidine groups is 1. The van der Waals surface area contributed by atoms with Crippen LogP contribution in [0.4, 0.5) is 0 Å². The third-order valence-electron chi connectivity index (χ3n) is 3.05. The fourth-order valence-corrected chi connectivity index (χ4v) is 2.03. The normalized spacial score (nSPS) is 11.4. The number of hydrogen-bond donors (Lipinski definition) is 2. The van der Waals surface area contributed by atoms with Crippen LogP contribution in [-0.4, -0.2) is 35.6 Å². The van der Waals surface area contributed by atoms with Gasteiger partial charge in [0.05, 0.1) is 0 Å². The van der Waals surface area contributed by atoms with Crippen LogP contribution in [0.2, 0.25) is 5.15 Å². The molecule has 0 bridgehead atoms. The molecule has 0 aliphatic carbocycles. The van der Waals surface area contributed by atoms with Gasteiger partial charge in [-0.05, 0) is 30.2 Å². The molecule has 0 aromatic carbocycles. The molecular formula is C15H20ClN5. The summed E-state index contributed by atoms with van der Waals surface area (Å²) in [4.78, 5) is 8.26. The van der Waals surface area contributed by atoms with Crippen molar-refractivity contribution in [1.29, 1.82) is 0 Å². The van der Waals surface area contributed by atoms with Gasteiger partial charge in [0.1, 0.15) is 5.15 Å². The molecule has 6 heteroatoms. The predicted molar refractivity (Wildman–Crippen MR) is 86.7 cm³/mol. The Labute approximate surface area is 130 Å². The van der Waals surface area contributed by atoms with E-state index >= 15 is 0 Å². The third kappa shape index (κ3) is 5.47. The van der Waals surface area contributed by atoms with E-state index in [1.54, 1.807) is 19.3 Å². The van der Waals surface area contributed by atoms with Gasteiger partial charge in [-0.1, -0.05) is 17.7 Å². The van der Waals surface area contributed by atoms with Crippen molar-refractivity contribution in [1.82, 2.24) is 20.2 Å². The Morgan fingerprint density at radius 3 is 2.67 bits per heavy atom. The van der Waals surface area contributed by atoms with Gasteiger partial charge in [0.25, 0.3) is 0 Å². The lowest BCUT2D eigenvalue weighted by Gasteiger charge is -2.12. The van der Waals surface area contributed by atoms with E-state index in [-0.39, 0.29) is 0 Å². The van der Waals surface area contributed by atoms with Gasteiger partial charge in [0.2, 0.25) is 0 Å². The van der Waals surface area contributed by atoms with E-state index in [0.717, 1.165) is 37.6 Å². The molecule has 2 heterocycles. The van der Waals surface area contributed by atoms with Crippen molar-refractivity contribution in [3.8, 4) is 0 Å². The standard InChI is InChI=1S/C15H20ClN5/c1-17-15(19-8-11-21-9-2-3-10-21)18-7-6-13-4-5-14(16)20-12-13/h2-5,9-10,12H,6-8,11H2,1H3,(H2,17,18,19). The Balaban J connectivity index is 1.66. The van der Waals surface area contributed by atoms with E-state index in [0.29, 0.717) is 5.15 Å². The van der Waals surface area contributed by atoms with Crippen LogP contribution in [0.25, 0.3) is 0 Å². The molecule has 2 aromatic heterocycles. The maximum absolute atomic E-state index is 5.76. The molecule has 0 aliphatic heterocycles. The highest BCUT2D eigenvalue weighted by Gasteiger charge is 1.98. The van der Waals surface area contributed by atoms with E-state index in [1.165, 1.54) is 0 Å². The Kier molecular flexibility index (Phi) is 6.09. The molecule has 0 saturated heterocycles. The van der Waals surface area contributed by atoms with E-state index in [4.69, 9.17) is 11.6 Å². The lowest BCUT2D eigenvalue weighted by atomic mass is 10.2. The molecule has 21 heavy (non-hydrogen) atoms. The Morgan fingerprint density at radius 1 is 1.24 bits per heavy atom. The molecule has 0 unspecified atom stereocenters. The molecule has 0 aliphatic rings. The molecule has 0 amide bonds. The molecule has 0 atom stereocenters. The largest absolute Gasteiger partial charge is 0.356 e. The summed E-state index contributed by atoms with van der Waals surface area (Å²) in [5.41, 5.74) is 1.15. The fourth-order valence-electron chi connectivity index (χ4n) is 1.92. The summed E-state index contributed by atoms with van der Waals surface area (Å²) in [6.45, 7) is 2.54. The van der Waals surface area contributed by atoms with Crippen LogP contribution < -0.4 is 10.6 Å². The van der Waals surface area contributed by atoms with E-state index < -0.39 is 0 Å². The molecule has 0 saturated carbocycles. The Bertz CT molecular complexity index is 548. The van der Waals surface area contributed by atoms with Crippen LogP contribution in [0.1, 0.15) is 5.56 Å². The van der Waals surface area contributed by atoms with Crippen LogP contribution in [-0.2, 0) is 13.0 Å². The van der Waals surface area contributed by atoms with E-state index in [9.17, 15) is 0 Å². The summed E-state index contributed by atoms with van der Waals surface area (Å²) in [5, 5.41) is 7.09. The number of hydrogen-bond acceptors (Lipinski definition) is 2. The number of rotatable bonds is 6. The summed E-state index contributed by atoms with van der Waals surface area (Å²) in [6, 6.07) is 7.83. The van der Waals surface area contributed by atoms with Crippen molar-refractivity contribution < 1.29 is 0 Å². The summed E-state index contributed by atoms with van der Waals surface area (Å²) in [5.74, 6) is 0.809. The monoisotopic (exact) mass is 305 g/mol. The first-order valence-electron chi connectivity index (χ1n) is 6.93. The molecule has 2 N–H and O–H groups in total. The number of aromatic nitrogens is 2. The molecule has 112 valence electrons. The van der Waals surface area contributed by atoms with Crippen LogP contribution in [0.5, 0.6) is 0 Å². The SMILES string of the molecule is CN=C(NCCc1ccc(Cl)nc1)NCCn1cccc1. The maximum Gasteiger partial charge on any atom is 0.191 e. The number of halogens is 1. The lowest BCUT2D eigenvalue weighted by Crippen LogP contribution is -2.39. The van der Waals surface area contributed by atoms with Crippen LogP contribution in [0.3, 0.4) is 0 Å². The lowest BCUT2D eigenvalue weighted by molar-refractivity contribution is 0.665. The van der Waals surface area contributed by atoms with Gasteiger partial charge < -0.3 is 15.2 Å². The highest BCUT2D eigenvalue weighted by molar-refractivity contribution is 6.29. The Morgan fingerprint density at radius 2 is 2.00 bits per heavy atom. The molecule has 0 radical (unpaired) electrons. The number of nitrogens with zero attached hydrogens (tertiary/aromatic N) is 3. The smallest absolute Gasteiger partial charge is 0.191 e. The highest BCUT2D eigenvalue weighted by atomic mass is 35.5. The second-order valence-electron chi connectivity index (χ2n) is 4.59. The molecule has 0 fully saturated rings. The minimum atomic E-state index is 0.522. The highest BCUT2D eigenvalue weighted by Crippen LogP contribution is 2.05. The summed E-state index contributed by atoms with van der Waals surface area (Å²) in [7, 11) is 1.77. The zero-order valence-electron chi connectivity index (χ0n) is 12.1. The van der Waals surface area contributed by atoms with Crippen molar-refractivity contribution in [2.45, 2.75) is 13.0 Å². The van der Waals surface area contributed by atoms with Gasteiger partial charge in [-0.2, -0.15) is 0 Å². The van der Waals surface area contributed by atoms with Gasteiger partial charge in [-0.25, -0.2) is 4.98 Å². The molecule has 5 nitrogen and oxygen atoms in total. The average molecular weight is 306 g/mol. The first kappa shape index (κ1) is 15.4. The summed E-state index contributed by atoms with van der Waals surface area (Å²) < 4.78 is 2.12. The van der Waals surface area contributed by atoms with Gasteiger partial charge in [0.15, 0.2) is 5.96 Å². The summed E-state index contributed by atoms with van der Waals surface area (Å²) >= 11 is 5.76. The fraction of sp³-hybridized carbons (Fsp3) is 0.333. The van der Waals surface area contributed by atoms with Crippen molar-refractivity contribution in [3.05, 3.63) is 53.6 Å². The van der Waals surface area contributed by atoms with E-state index in [2.05, 4.69) is 25.2 Å². The second kappa shape index (κ2) is 8.32. The van der Waals surface area contributed by atoms with Crippen molar-refractivity contribution >= 4 is 17.6 Å². The van der Waals surface area contributed by atoms with Gasteiger partial charge in [-0.3, -0.25) is 4.99 Å². The van der Waals surface area contributed by atoms with Gasteiger partial charge >= 0.3 is 0 Å². The van der Waals surface area contributed by atoms with Crippen molar-refractivity contribution in [3.63, 3.8) is 0 Å². The number of nitrogens with one attached hydrogen (secondary N) is 2. The first-order chi connectivity index (χ1) is 10.3. The van der Waals surface area contributed by atoms with Crippen molar-refractivity contribution in [2.75, 3.05) is 20.1 Å². The second-order valence-corrected chi connectivity index (χ2v) is 4.97. The first-order valence-corrected chi connectivity index (χ1v) is 7.31. The van der Waals surface area contributed by atoms with Gasteiger partial charge in [0, 0.05) is 45.3 Å². The zero-order valence-corrected chi connectivity index (χ0v) is 12.8. The zero-order chi connectivity index (χ0) is 14.9. The molecule has 0 spiro atoms. The molecule has 2 aromatic rings. The quantitative estimate of drug-likeness (QED) is 0.487. The third-order valence-corrected chi connectivity index (χ3v) is 3.27. The average Bonchev–Trinajstić information content (AvgIpc) is 3.01. The Hall–Kier alpha value is -2.01. The number of pyridine rings is 1. The van der Waals surface area contributed by atoms with Crippen LogP contribution >= 0.6 is 11.6 Å². The minimum absolute atomic E-state index is 0.522. The topological polar surface area (TPSA) is 54.2 Å². The molecule has 2 rings (SSSR count). The minimum Gasteiger partial charge on any atom is -0.356 e. The predicted octanol–water partition coefficient (Wildman–Crippen LogP) is 1.94. The van der Waals surface area contributed by atoms with Crippen molar-refractivity contribution in [2.24, 2.45) is 4.99 Å². The van der Waals surface area contributed by atoms with Gasteiger partial charge in [-0.15, -0.1) is 0 Å². The van der Waals surface area contributed by atoms with E-state index in [1.807, 2.05) is 30.6 Å².